The fourth-order valence-electron chi connectivity index (χ4n) is 2.63. The molecule has 0 fully saturated rings. The number of carbonyl (C=O) groups excluding carboxylic acids is 1. The van der Waals surface area contributed by atoms with Crippen molar-refractivity contribution in [3.63, 3.8) is 0 Å². The number of thiophene rings is 1. The maximum absolute atomic E-state index is 12.8. The standard InChI is InChI=1S/C18H16N4O2S/c1-10-11(2)25-17-16(10)18(24)22(12(3)20-17)9-15(23)21-14-6-4-5-13(7-14)8-19/h4-7H,9H2,1-3H3,(H,21,23). The van der Waals surface area contributed by atoms with Crippen LogP contribution in [0.5, 0.6) is 0 Å². The van der Waals surface area contributed by atoms with Gasteiger partial charge in [-0.3, -0.25) is 14.2 Å². The maximum atomic E-state index is 12.8. The van der Waals surface area contributed by atoms with E-state index in [0.717, 1.165) is 10.4 Å². The largest absolute Gasteiger partial charge is 0.324 e. The van der Waals surface area contributed by atoms with E-state index >= 15 is 0 Å². The third kappa shape index (κ3) is 3.16. The average molecular weight is 352 g/mol. The molecule has 2 aromatic heterocycles. The highest BCUT2D eigenvalue weighted by Gasteiger charge is 2.16. The van der Waals surface area contributed by atoms with Crippen molar-refractivity contribution in [1.82, 2.24) is 9.55 Å². The Morgan fingerprint density at radius 3 is 2.84 bits per heavy atom. The summed E-state index contributed by atoms with van der Waals surface area (Å²) in [6.07, 6.45) is 0. The Hall–Kier alpha value is -2.98. The van der Waals surface area contributed by atoms with Crippen LogP contribution in [0.3, 0.4) is 0 Å². The Bertz CT molecular complexity index is 1090. The van der Waals surface area contributed by atoms with Gasteiger partial charge in [0.05, 0.1) is 17.0 Å². The highest BCUT2D eigenvalue weighted by atomic mass is 32.1. The van der Waals surface area contributed by atoms with Crippen LogP contribution in [0.4, 0.5) is 5.69 Å². The molecule has 0 aliphatic heterocycles. The molecule has 1 aromatic carbocycles. The van der Waals surface area contributed by atoms with Crippen molar-refractivity contribution in [2.24, 2.45) is 0 Å². The van der Waals surface area contributed by atoms with Gasteiger partial charge < -0.3 is 5.32 Å². The lowest BCUT2D eigenvalue weighted by Gasteiger charge is -2.10. The second-order valence-electron chi connectivity index (χ2n) is 5.75. The average Bonchev–Trinajstić information content (AvgIpc) is 2.86. The first-order valence-corrected chi connectivity index (χ1v) is 8.49. The molecule has 0 unspecified atom stereocenters. The zero-order chi connectivity index (χ0) is 18.1. The number of carbonyl (C=O) groups is 1. The fourth-order valence-corrected chi connectivity index (χ4v) is 3.69. The number of hydrogen-bond donors (Lipinski definition) is 1. The molecule has 1 N–H and O–H groups in total. The predicted molar refractivity (Wildman–Crippen MR) is 97.9 cm³/mol. The van der Waals surface area contributed by atoms with Crippen LogP contribution in [-0.4, -0.2) is 15.5 Å². The van der Waals surface area contributed by atoms with E-state index in [0.29, 0.717) is 27.3 Å². The zero-order valence-corrected chi connectivity index (χ0v) is 14.9. The summed E-state index contributed by atoms with van der Waals surface area (Å²) in [6.45, 7) is 5.44. The van der Waals surface area contributed by atoms with Gasteiger partial charge in [0.2, 0.25) is 5.91 Å². The molecule has 3 aromatic rings. The van der Waals surface area contributed by atoms with Crippen molar-refractivity contribution in [3.8, 4) is 6.07 Å². The van der Waals surface area contributed by atoms with Crippen molar-refractivity contribution in [2.45, 2.75) is 27.3 Å². The van der Waals surface area contributed by atoms with Gasteiger partial charge in [0.1, 0.15) is 17.2 Å². The van der Waals surface area contributed by atoms with Gasteiger partial charge in [-0.2, -0.15) is 5.26 Å². The molecule has 0 saturated heterocycles. The van der Waals surface area contributed by atoms with Crippen LogP contribution in [0.25, 0.3) is 10.2 Å². The summed E-state index contributed by atoms with van der Waals surface area (Å²) in [5.41, 5.74) is 1.68. The first-order valence-electron chi connectivity index (χ1n) is 7.68. The zero-order valence-electron chi connectivity index (χ0n) is 14.1. The second-order valence-corrected chi connectivity index (χ2v) is 6.96. The van der Waals surface area contributed by atoms with Crippen LogP contribution >= 0.6 is 11.3 Å². The third-order valence-corrected chi connectivity index (χ3v) is 5.16. The smallest absolute Gasteiger partial charge is 0.263 e. The van der Waals surface area contributed by atoms with Crippen LogP contribution in [-0.2, 0) is 11.3 Å². The van der Waals surface area contributed by atoms with Crippen molar-refractivity contribution < 1.29 is 4.79 Å². The van der Waals surface area contributed by atoms with Crippen molar-refractivity contribution in [2.75, 3.05) is 5.32 Å². The Balaban J connectivity index is 1.92. The van der Waals surface area contributed by atoms with Crippen LogP contribution < -0.4 is 10.9 Å². The number of fused-ring (bicyclic) bond motifs is 1. The number of nitrogens with one attached hydrogen (secondary N) is 1. The summed E-state index contributed by atoms with van der Waals surface area (Å²) in [7, 11) is 0. The van der Waals surface area contributed by atoms with Crippen molar-refractivity contribution >= 4 is 33.1 Å². The molecule has 0 radical (unpaired) electrons. The van der Waals surface area contributed by atoms with E-state index in [9.17, 15) is 9.59 Å². The summed E-state index contributed by atoms with van der Waals surface area (Å²) >= 11 is 1.49. The van der Waals surface area contributed by atoms with Gasteiger partial charge in [-0.25, -0.2) is 4.98 Å². The number of rotatable bonds is 3. The molecule has 0 atom stereocenters. The predicted octanol–water partition coefficient (Wildman–Crippen LogP) is 2.89. The number of nitrogens with zero attached hydrogens (tertiary/aromatic N) is 3. The van der Waals surface area contributed by atoms with E-state index < -0.39 is 0 Å². The summed E-state index contributed by atoms with van der Waals surface area (Å²) in [6, 6.07) is 8.65. The molecule has 25 heavy (non-hydrogen) atoms. The summed E-state index contributed by atoms with van der Waals surface area (Å²) in [5, 5.41) is 12.2. The summed E-state index contributed by atoms with van der Waals surface area (Å²) in [5.74, 6) is 0.158. The highest BCUT2D eigenvalue weighted by molar-refractivity contribution is 7.18. The van der Waals surface area contributed by atoms with Crippen LogP contribution in [0.2, 0.25) is 0 Å². The number of nitriles is 1. The van der Waals surface area contributed by atoms with Crippen molar-refractivity contribution in [1.29, 1.82) is 5.26 Å². The highest BCUT2D eigenvalue weighted by Crippen LogP contribution is 2.26. The summed E-state index contributed by atoms with van der Waals surface area (Å²) in [4.78, 5) is 31.3. The second kappa shape index (κ2) is 6.49. The molecule has 0 spiro atoms. The summed E-state index contributed by atoms with van der Waals surface area (Å²) < 4.78 is 1.38. The third-order valence-electron chi connectivity index (χ3n) is 4.06. The molecular weight excluding hydrogens is 336 g/mol. The van der Waals surface area contributed by atoms with Gasteiger partial charge in [-0.15, -0.1) is 11.3 Å². The molecule has 3 rings (SSSR count). The van der Waals surface area contributed by atoms with Gasteiger partial charge in [-0.05, 0) is 44.5 Å². The van der Waals surface area contributed by atoms with E-state index in [1.54, 1.807) is 31.2 Å². The molecule has 2 heterocycles. The SMILES string of the molecule is Cc1sc2nc(C)n(CC(=O)Nc3cccc(C#N)c3)c(=O)c2c1C. The minimum absolute atomic E-state index is 0.126. The molecule has 0 bridgehead atoms. The van der Waals surface area contributed by atoms with Crippen molar-refractivity contribution in [3.05, 3.63) is 56.4 Å². The molecule has 1 amide bonds. The quantitative estimate of drug-likeness (QED) is 0.785. The van der Waals surface area contributed by atoms with Crippen LogP contribution in [0.1, 0.15) is 21.8 Å². The fraction of sp³-hybridized carbons (Fsp3) is 0.222. The van der Waals surface area contributed by atoms with E-state index in [1.807, 2.05) is 19.9 Å². The molecule has 0 aliphatic rings. The number of benzene rings is 1. The van der Waals surface area contributed by atoms with E-state index in [4.69, 9.17) is 5.26 Å². The Morgan fingerprint density at radius 1 is 1.36 bits per heavy atom. The topological polar surface area (TPSA) is 87.8 Å². The molecular formula is C18H16N4O2S. The minimum atomic E-state index is -0.342. The van der Waals surface area contributed by atoms with E-state index in [1.165, 1.54) is 15.9 Å². The van der Waals surface area contributed by atoms with Gasteiger partial charge in [0.15, 0.2) is 0 Å². The van der Waals surface area contributed by atoms with Gasteiger partial charge in [-0.1, -0.05) is 6.07 Å². The maximum Gasteiger partial charge on any atom is 0.263 e. The number of anilines is 1. The Labute approximate surface area is 148 Å². The minimum Gasteiger partial charge on any atom is -0.324 e. The first-order chi connectivity index (χ1) is 11.9. The molecule has 7 heteroatoms. The Kier molecular flexibility index (Phi) is 4.38. The Morgan fingerprint density at radius 2 is 2.12 bits per heavy atom. The lowest BCUT2D eigenvalue weighted by Crippen LogP contribution is -2.30. The van der Waals surface area contributed by atoms with Crippen LogP contribution in [0.15, 0.2) is 29.1 Å². The van der Waals surface area contributed by atoms with Gasteiger partial charge in [0, 0.05) is 10.6 Å². The molecule has 0 saturated carbocycles. The molecule has 126 valence electrons. The normalized spacial score (nSPS) is 10.6. The number of aromatic nitrogens is 2. The molecule has 0 aliphatic carbocycles. The van der Waals surface area contributed by atoms with E-state index in [2.05, 4.69) is 10.3 Å². The van der Waals surface area contributed by atoms with Crippen LogP contribution in [0, 0.1) is 32.1 Å². The lowest BCUT2D eigenvalue weighted by molar-refractivity contribution is -0.116. The monoisotopic (exact) mass is 352 g/mol. The number of aryl methyl sites for hydroxylation is 3. The first kappa shape index (κ1) is 16.9. The number of hydrogen-bond acceptors (Lipinski definition) is 5. The number of amides is 1. The van der Waals surface area contributed by atoms with E-state index in [-0.39, 0.29) is 18.0 Å². The van der Waals surface area contributed by atoms with Gasteiger partial charge >= 0.3 is 0 Å². The molecule has 6 nitrogen and oxygen atoms in total. The van der Waals surface area contributed by atoms with Gasteiger partial charge in [0.25, 0.3) is 5.56 Å². The lowest BCUT2D eigenvalue weighted by atomic mass is 10.2.